The number of rotatable bonds is 5. The first-order valence-electron chi connectivity index (χ1n) is 7.31. The van der Waals surface area contributed by atoms with Gasteiger partial charge in [0.1, 0.15) is 0 Å². The van der Waals surface area contributed by atoms with Gasteiger partial charge in [0.05, 0.1) is 16.3 Å². The summed E-state index contributed by atoms with van der Waals surface area (Å²) in [7, 11) is 0. The molecule has 24 heavy (non-hydrogen) atoms. The van der Waals surface area contributed by atoms with Crippen LogP contribution < -0.4 is 5.32 Å². The summed E-state index contributed by atoms with van der Waals surface area (Å²) in [5, 5.41) is 6.65. The molecule has 0 unspecified atom stereocenters. The van der Waals surface area contributed by atoms with Crippen molar-refractivity contribution in [2.24, 2.45) is 0 Å². The predicted octanol–water partition coefficient (Wildman–Crippen LogP) is 5.65. The maximum Gasteiger partial charge on any atom is 0.256 e. The highest BCUT2D eigenvalue weighted by atomic mass is 35.5. The minimum atomic E-state index is -0.130. The molecule has 3 rings (SSSR count). The number of thioether (sulfide) groups is 1. The molecular formula is C18H15ClN2OS2. The summed E-state index contributed by atoms with van der Waals surface area (Å²) in [5.74, 6) is 0.616. The Bertz CT molecular complexity index is 846. The van der Waals surface area contributed by atoms with Crippen molar-refractivity contribution in [3.05, 3.63) is 75.2 Å². The molecule has 2 aromatic carbocycles. The molecule has 0 atom stereocenters. The first kappa shape index (κ1) is 17.0. The molecule has 0 spiro atoms. The summed E-state index contributed by atoms with van der Waals surface area (Å²) in [6, 6.07) is 14.7. The van der Waals surface area contributed by atoms with E-state index < -0.39 is 0 Å². The van der Waals surface area contributed by atoms with Gasteiger partial charge in [-0.2, -0.15) is 0 Å². The molecule has 1 amide bonds. The lowest BCUT2D eigenvalue weighted by atomic mass is 10.2. The van der Waals surface area contributed by atoms with E-state index >= 15 is 0 Å². The number of anilines is 1. The van der Waals surface area contributed by atoms with Gasteiger partial charge in [0.15, 0.2) is 0 Å². The van der Waals surface area contributed by atoms with Gasteiger partial charge in [0, 0.05) is 26.7 Å². The Labute approximate surface area is 154 Å². The Morgan fingerprint density at radius 2 is 1.96 bits per heavy atom. The molecule has 0 saturated carbocycles. The molecular weight excluding hydrogens is 360 g/mol. The fourth-order valence-corrected chi connectivity index (χ4v) is 3.92. The third-order valence-corrected chi connectivity index (χ3v) is 5.46. The van der Waals surface area contributed by atoms with Gasteiger partial charge in [-0.1, -0.05) is 23.7 Å². The number of hydrogen-bond donors (Lipinski definition) is 1. The van der Waals surface area contributed by atoms with Gasteiger partial charge < -0.3 is 5.32 Å². The summed E-state index contributed by atoms with van der Waals surface area (Å²) in [5.41, 5.74) is 2.42. The van der Waals surface area contributed by atoms with Gasteiger partial charge in [-0.15, -0.1) is 23.1 Å². The quantitative estimate of drug-likeness (QED) is 0.587. The summed E-state index contributed by atoms with van der Waals surface area (Å²) in [6.45, 7) is 1.99. The zero-order valence-corrected chi connectivity index (χ0v) is 15.3. The van der Waals surface area contributed by atoms with E-state index in [0.717, 1.165) is 27.0 Å². The average Bonchev–Trinajstić information content (AvgIpc) is 3.01. The van der Waals surface area contributed by atoms with Crippen LogP contribution in [0.3, 0.4) is 0 Å². The largest absolute Gasteiger partial charge is 0.322 e. The third-order valence-electron chi connectivity index (χ3n) is 3.28. The molecule has 3 aromatic rings. The van der Waals surface area contributed by atoms with Gasteiger partial charge in [0.2, 0.25) is 0 Å². The molecule has 0 saturated heterocycles. The Hall–Kier alpha value is -1.82. The number of carbonyl (C=O) groups is 1. The molecule has 0 radical (unpaired) electrons. The lowest BCUT2D eigenvalue weighted by molar-refractivity contribution is 0.102. The van der Waals surface area contributed by atoms with E-state index in [0.29, 0.717) is 10.6 Å². The number of aryl methyl sites for hydroxylation is 1. The number of carbonyl (C=O) groups excluding carboxylic acids is 1. The molecule has 0 aliphatic heterocycles. The van der Waals surface area contributed by atoms with E-state index in [1.807, 2.05) is 31.2 Å². The molecule has 0 aliphatic rings. The van der Waals surface area contributed by atoms with Crippen molar-refractivity contribution in [2.45, 2.75) is 17.6 Å². The fraction of sp³-hybridized carbons (Fsp3) is 0.111. The number of hydrogen-bond acceptors (Lipinski definition) is 4. The Morgan fingerprint density at radius 1 is 1.21 bits per heavy atom. The van der Waals surface area contributed by atoms with Crippen LogP contribution in [-0.4, -0.2) is 10.9 Å². The van der Waals surface area contributed by atoms with Crippen LogP contribution in [0, 0.1) is 6.92 Å². The second kappa shape index (κ2) is 7.83. The maximum atomic E-state index is 12.6. The second-order valence-corrected chi connectivity index (χ2v) is 7.62. The number of nitrogens with one attached hydrogen (secondary N) is 1. The molecule has 1 heterocycles. The van der Waals surface area contributed by atoms with Gasteiger partial charge in [-0.3, -0.25) is 4.79 Å². The molecule has 0 aliphatic carbocycles. The average molecular weight is 375 g/mol. The van der Waals surface area contributed by atoms with Crippen molar-refractivity contribution in [3.8, 4) is 0 Å². The molecule has 6 heteroatoms. The van der Waals surface area contributed by atoms with Gasteiger partial charge >= 0.3 is 0 Å². The Morgan fingerprint density at radius 3 is 2.67 bits per heavy atom. The maximum absolute atomic E-state index is 12.6. The standard InChI is InChI=1S/C18H15ClN2OS2/c1-12-20-15(10-23-12)11-24-17-5-3-2-4-16(17)18(22)21-14-8-6-13(19)7-9-14/h2-10H,11H2,1H3,(H,21,22). The molecule has 1 aromatic heterocycles. The smallest absolute Gasteiger partial charge is 0.256 e. The number of aromatic nitrogens is 1. The van der Waals surface area contributed by atoms with E-state index in [4.69, 9.17) is 11.6 Å². The minimum absolute atomic E-state index is 0.130. The van der Waals surface area contributed by atoms with Crippen LogP contribution in [0.25, 0.3) is 0 Å². The molecule has 0 fully saturated rings. The lowest BCUT2D eigenvalue weighted by Crippen LogP contribution is -2.12. The summed E-state index contributed by atoms with van der Waals surface area (Å²) >= 11 is 9.13. The normalized spacial score (nSPS) is 10.6. The van der Waals surface area contributed by atoms with Crippen molar-refractivity contribution in [1.29, 1.82) is 0 Å². The van der Waals surface area contributed by atoms with Gasteiger partial charge in [-0.25, -0.2) is 4.98 Å². The highest BCUT2D eigenvalue weighted by molar-refractivity contribution is 7.98. The number of thiazole rings is 1. The van der Waals surface area contributed by atoms with Gasteiger partial charge in [-0.05, 0) is 43.3 Å². The molecule has 1 N–H and O–H groups in total. The summed E-state index contributed by atoms with van der Waals surface area (Å²) in [6.07, 6.45) is 0. The van der Waals surface area contributed by atoms with E-state index in [1.165, 1.54) is 0 Å². The van der Waals surface area contributed by atoms with Crippen LogP contribution in [-0.2, 0) is 5.75 Å². The van der Waals surface area contributed by atoms with Crippen LogP contribution in [0.5, 0.6) is 0 Å². The number of amides is 1. The highest BCUT2D eigenvalue weighted by Crippen LogP contribution is 2.27. The molecule has 0 bridgehead atoms. The van der Waals surface area contributed by atoms with Crippen molar-refractivity contribution >= 4 is 46.3 Å². The number of halogens is 1. The van der Waals surface area contributed by atoms with Crippen molar-refractivity contribution in [1.82, 2.24) is 4.98 Å². The Kier molecular flexibility index (Phi) is 5.56. The third kappa shape index (κ3) is 4.38. The number of nitrogens with zero attached hydrogens (tertiary/aromatic N) is 1. The second-order valence-electron chi connectivity index (χ2n) is 5.10. The van der Waals surface area contributed by atoms with E-state index in [9.17, 15) is 4.79 Å². The van der Waals surface area contributed by atoms with Crippen LogP contribution in [0.15, 0.2) is 58.8 Å². The fourth-order valence-electron chi connectivity index (χ4n) is 2.14. The van der Waals surface area contributed by atoms with Crippen LogP contribution in [0.2, 0.25) is 5.02 Å². The summed E-state index contributed by atoms with van der Waals surface area (Å²) in [4.78, 5) is 18.0. The molecule has 122 valence electrons. The zero-order valence-electron chi connectivity index (χ0n) is 13.0. The van der Waals surface area contributed by atoms with Crippen LogP contribution in [0.1, 0.15) is 21.1 Å². The zero-order chi connectivity index (χ0) is 16.9. The van der Waals surface area contributed by atoms with Crippen LogP contribution in [0.4, 0.5) is 5.69 Å². The minimum Gasteiger partial charge on any atom is -0.322 e. The van der Waals surface area contributed by atoms with Crippen molar-refractivity contribution in [3.63, 3.8) is 0 Å². The lowest BCUT2D eigenvalue weighted by Gasteiger charge is -2.09. The Balaban J connectivity index is 1.72. The van der Waals surface area contributed by atoms with Crippen molar-refractivity contribution < 1.29 is 4.79 Å². The first-order valence-corrected chi connectivity index (χ1v) is 9.56. The first-order chi connectivity index (χ1) is 11.6. The summed E-state index contributed by atoms with van der Waals surface area (Å²) < 4.78 is 0. The predicted molar refractivity (Wildman–Crippen MR) is 102 cm³/mol. The SMILES string of the molecule is Cc1nc(CSc2ccccc2C(=O)Nc2ccc(Cl)cc2)cs1. The highest BCUT2D eigenvalue weighted by Gasteiger charge is 2.12. The van der Waals surface area contributed by atoms with E-state index in [2.05, 4.69) is 15.7 Å². The van der Waals surface area contributed by atoms with Gasteiger partial charge in [0.25, 0.3) is 5.91 Å². The molecule has 3 nitrogen and oxygen atoms in total. The monoisotopic (exact) mass is 374 g/mol. The number of benzene rings is 2. The van der Waals surface area contributed by atoms with Crippen molar-refractivity contribution in [2.75, 3.05) is 5.32 Å². The van der Waals surface area contributed by atoms with E-state index in [1.54, 1.807) is 47.4 Å². The van der Waals surface area contributed by atoms with E-state index in [-0.39, 0.29) is 5.91 Å². The topological polar surface area (TPSA) is 42.0 Å². The van der Waals surface area contributed by atoms with Crippen LogP contribution >= 0.6 is 34.7 Å².